The van der Waals surface area contributed by atoms with Crippen molar-refractivity contribution >= 4 is 34.4 Å². The van der Waals surface area contributed by atoms with Crippen LogP contribution in [0, 0.1) is 0 Å². The van der Waals surface area contributed by atoms with Crippen LogP contribution in [0.4, 0.5) is 0 Å². The second-order valence-corrected chi connectivity index (χ2v) is 8.57. The molecule has 0 saturated carbocycles. The maximum Gasteiger partial charge on any atom is 0.255 e. The van der Waals surface area contributed by atoms with Gasteiger partial charge in [0.25, 0.3) is 5.56 Å². The molecule has 1 aliphatic rings. The summed E-state index contributed by atoms with van der Waals surface area (Å²) >= 11 is 7.18. The number of nitrogens with zero attached hydrogens (tertiary/aromatic N) is 2. The number of ether oxygens (including phenoxy) is 1. The fourth-order valence-corrected chi connectivity index (χ4v) is 4.25. The van der Waals surface area contributed by atoms with E-state index in [-0.39, 0.29) is 17.4 Å². The van der Waals surface area contributed by atoms with E-state index in [1.807, 2.05) is 24.3 Å². The molecular formula is C22H19ClN2O4S. The molecule has 154 valence electrons. The molecule has 3 aromatic rings. The molecule has 0 bridgehead atoms. The van der Waals surface area contributed by atoms with Crippen LogP contribution >= 0.6 is 22.9 Å². The molecule has 1 atom stereocenters. The van der Waals surface area contributed by atoms with Crippen molar-refractivity contribution in [3.8, 4) is 11.4 Å². The Bertz CT molecular complexity index is 1150. The lowest BCUT2D eigenvalue weighted by atomic mass is 10.0. The van der Waals surface area contributed by atoms with Crippen molar-refractivity contribution in [3.05, 3.63) is 79.9 Å². The number of pyridine rings is 1. The molecular weight excluding hydrogens is 424 g/mol. The number of aromatic nitrogens is 1. The van der Waals surface area contributed by atoms with Gasteiger partial charge in [0, 0.05) is 24.6 Å². The number of methoxy groups -OCH3 is 1. The molecule has 6 nitrogen and oxygen atoms in total. The van der Waals surface area contributed by atoms with E-state index < -0.39 is 0 Å². The van der Waals surface area contributed by atoms with E-state index in [1.54, 1.807) is 31.5 Å². The highest BCUT2D eigenvalue weighted by Gasteiger charge is 2.23. The number of hydrogen-bond donors (Lipinski definition) is 0. The summed E-state index contributed by atoms with van der Waals surface area (Å²) in [5.41, 5.74) is 2.35. The Kier molecular flexibility index (Phi) is 6.01. The Morgan fingerprint density at radius 2 is 2.03 bits per heavy atom. The molecule has 0 fully saturated rings. The number of oxime groups is 1. The summed E-state index contributed by atoms with van der Waals surface area (Å²) in [6.45, 7) is 0. The average molecular weight is 443 g/mol. The fourth-order valence-electron chi connectivity index (χ4n) is 3.24. The molecule has 0 N–H and O–H groups in total. The predicted octanol–water partition coefficient (Wildman–Crippen LogP) is 4.72. The highest BCUT2D eigenvalue weighted by Crippen LogP contribution is 2.25. The highest BCUT2D eigenvalue weighted by atomic mass is 35.5. The smallest absolute Gasteiger partial charge is 0.255 e. The van der Waals surface area contributed by atoms with Crippen molar-refractivity contribution in [3.63, 3.8) is 0 Å². The normalized spacial score (nSPS) is 15.5. The van der Waals surface area contributed by atoms with Gasteiger partial charge in [0.05, 0.1) is 28.2 Å². The topological polar surface area (TPSA) is 69.9 Å². The molecule has 30 heavy (non-hydrogen) atoms. The largest absolute Gasteiger partial charge is 0.495 e. The van der Waals surface area contributed by atoms with Crippen molar-refractivity contribution in [2.75, 3.05) is 7.11 Å². The Morgan fingerprint density at radius 1 is 1.23 bits per heavy atom. The first kappa shape index (κ1) is 20.4. The summed E-state index contributed by atoms with van der Waals surface area (Å²) in [4.78, 5) is 30.6. The van der Waals surface area contributed by atoms with Crippen molar-refractivity contribution in [2.24, 2.45) is 5.16 Å². The zero-order valence-electron chi connectivity index (χ0n) is 16.2. The SMILES string of the molecule is COc1ccc(=O)n(-c2ccc(C3=NOC(CCC(=O)c4ccc(Cl)s4)C3)cc2)c1. The maximum atomic E-state index is 12.2. The summed E-state index contributed by atoms with van der Waals surface area (Å²) in [7, 11) is 1.56. The van der Waals surface area contributed by atoms with E-state index in [9.17, 15) is 9.59 Å². The van der Waals surface area contributed by atoms with Gasteiger partial charge in [-0.1, -0.05) is 28.9 Å². The van der Waals surface area contributed by atoms with Gasteiger partial charge in [-0.15, -0.1) is 11.3 Å². The first-order chi connectivity index (χ1) is 14.5. The third kappa shape index (κ3) is 4.47. The molecule has 1 aromatic carbocycles. The Balaban J connectivity index is 1.37. The standard InChI is InChI=1S/C22H19ClN2O4S/c1-28-17-7-11-22(27)25(13-17)15-4-2-14(3-5-15)18-12-16(29-24-18)6-8-19(26)20-9-10-21(23)30-20/h2-5,7,9-11,13,16H,6,8,12H2,1H3. The molecule has 1 aliphatic heterocycles. The fraction of sp³-hybridized carbons (Fsp3) is 0.227. The third-order valence-electron chi connectivity index (χ3n) is 4.87. The Morgan fingerprint density at radius 3 is 2.73 bits per heavy atom. The molecule has 0 saturated heterocycles. The molecule has 0 spiro atoms. The van der Waals surface area contributed by atoms with Crippen LogP contribution in [0.15, 0.2) is 64.7 Å². The van der Waals surface area contributed by atoms with Gasteiger partial charge in [0.15, 0.2) is 5.78 Å². The Labute approximate surface area is 182 Å². The number of benzene rings is 1. The highest BCUT2D eigenvalue weighted by molar-refractivity contribution is 7.18. The van der Waals surface area contributed by atoms with E-state index in [4.69, 9.17) is 21.2 Å². The van der Waals surface area contributed by atoms with Crippen LogP contribution in [0.2, 0.25) is 4.34 Å². The molecule has 0 amide bonds. The number of thiophene rings is 1. The summed E-state index contributed by atoms with van der Waals surface area (Å²) in [6.07, 6.45) is 3.15. The number of rotatable bonds is 7. The summed E-state index contributed by atoms with van der Waals surface area (Å²) in [6, 6.07) is 14.1. The van der Waals surface area contributed by atoms with E-state index >= 15 is 0 Å². The third-order valence-corrected chi connectivity index (χ3v) is 6.14. The molecule has 3 heterocycles. The van der Waals surface area contributed by atoms with Crippen molar-refractivity contribution in [1.82, 2.24) is 4.57 Å². The molecule has 0 aliphatic carbocycles. The zero-order valence-corrected chi connectivity index (χ0v) is 17.8. The van der Waals surface area contributed by atoms with Crippen LogP contribution in [0.1, 0.15) is 34.5 Å². The van der Waals surface area contributed by atoms with E-state index in [2.05, 4.69) is 5.16 Å². The minimum Gasteiger partial charge on any atom is -0.495 e. The second kappa shape index (κ2) is 8.85. The number of Topliss-reactive ketones (excluding diaryl/α,β-unsaturated/α-hetero) is 1. The van der Waals surface area contributed by atoms with Gasteiger partial charge >= 0.3 is 0 Å². The van der Waals surface area contributed by atoms with Gasteiger partial charge in [-0.25, -0.2) is 0 Å². The molecule has 1 unspecified atom stereocenters. The van der Waals surface area contributed by atoms with Crippen molar-refractivity contribution in [2.45, 2.75) is 25.4 Å². The maximum absolute atomic E-state index is 12.2. The summed E-state index contributed by atoms with van der Waals surface area (Å²) in [5, 5.41) is 4.19. The zero-order chi connectivity index (χ0) is 21.1. The minimum absolute atomic E-state index is 0.0667. The van der Waals surface area contributed by atoms with Gasteiger partial charge in [-0.05, 0) is 42.3 Å². The van der Waals surface area contributed by atoms with E-state index in [0.717, 1.165) is 17.0 Å². The summed E-state index contributed by atoms with van der Waals surface area (Å²) < 4.78 is 7.33. The average Bonchev–Trinajstić information content (AvgIpc) is 3.42. The predicted molar refractivity (Wildman–Crippen MR) is 118 cm³/mol. The Hall–Kier alpha value is -2.90. The van der Waals surface area contributed by atoms with E-state index in [1.165, 1.54) is 22.0 Å². The number of halogens is 1. The molecule has 8 heteroatoms. The van der Waals surface area contributed by atoms with Crippen LogP contribution in [0.5, 0.6) is 5.75 Å². The van der Waals surface area contributed by atoms with Crippen molar-refractivity contribution in [1.29, 1.82) is 0 Å². The van der Waals surface area contributed by atoms with Crippen LogP contribution < -0.4 is 10.3 Å². The minimum atomic E-state index is -0.137. The summed E-state index contributed by atoms with van der Waals surface area (Å²) in [5.74, 6) is 0.673. The molecule has 0 radical (unpaired) electrons. The second-order valence-electron chi connectivity index (χ2n) is 6.86. The number of carbonyl (C=O) groups is 1. The lowest BCUT2D eigenvalue weighted by Gasteiger charge is -2.09. The van der Waals surface area contributed by atoms with Crippen LogP contribution in [-0.2, 0) is 4.84 Å². The van der Waals surface area contributed by atoms with Crippen LogP contribution in [0.25, 0.3) is 5.69 Å². The van der Waals surface area contributed by atoms with Gasteiger partial charge in [-0.3, -0.25) is 14.2 Å². The van der Waals surface area contributed by atoms with Crippen LogP contribution in [-0.4, -0.2) is 29.3 Å². The lowest BCUT2D eigenvalue weighted by Crippen LogP contribution is -2.16. The number of carbonyl (C=O) groups excluding carboxylic acids is 1. The lowest BCUT2D eigenvalue weighted by molar-refractivity contribution is 0.0720. The first-order valence-corrected chi connectivity index (χ1v) is 10.6. The molecule has 2 aromatic heterocycles. The van der Waals surface area contributed by atoms with Crippen molar-refractivity contribution < 1.29 is 14.4 Å². The van der Waals surface area contributed by atoms with Crippen LogP contribution in [0.3, 0.4) is 0 Å². The van der Waals surface area contributed by atoms with E-state index in [0.29, 0.717) is 34.2 Å². The van der Waals surface area contributed by atoms with Gasteiger partial charge < -0.3 is 9.57 Å². The quantitative estimate of drug-likeness (QED) is 0.496. The molecule has 4 rings (SSSR count). The number of hydrogen-bond acceptors (Lipinski definition) is 6. The first-order valence-electron chi connectivity index (χ1n) is 9.42. The monoisotopic (exact) mass is 442 g/mol. The van der Waals surface area contributed by atoms with Gasteiger partial charge in [0.2, 0.25) is 0 Å². The number of ketones is 1. The van der Waals surface area contributed by atoms with Gasteiger partial charge in [-0.2, -0.15) is 0 Å². The van der Waals surface area contributed by atoms with Gasteiger partial charge in [0.1, 0.15) is 11.9 Å².